The fourth-order valence-electron chi connectivity index (χ4n) is 3.02. The summed E-state index contributed by atoms with van der Waals surface area (Å²) >= 11 is 0. The molecular formula is C15H27O3S+. The number of aliphatic hydroxyl groups excluding tert-OH is 2. The smallest absolute Gasteiger partial charge is 0.208 e. The Bertz CT molecular complexity index is 328. The molecule has 0 aromatic carbocycles. The van der Waals surface area contributed by atoms with Gasteiger partial charge in [-0.25, -0.2) is 0 Å². The summed E-state index contributed by atoms with van der Waals surface area (Å²) in [6.45, 7) is 6.72. The minimum Gasteiger partial charge on any atom is -0.396 e. The van der Waals surface area contributed by atoms with Crippen LogP contribution in [0.4, 0.5) is 0 Å². The lowest BCUT2D eigenvalue weighted by Crippen LogP contribution is -2.47. The largest absolute Gasteiger partial charge is 0.396 e. The first-order valence-electron chi connectivity index (χ1n) is 7.01. The average Bonchev–Trinajstić information content (AvgIpc) is 2.29. The second-order valence-electron chi connectivity index (χ2n) is 6.04. The molecule has 0 bridgehead atoms. The Balaban J connectivity index is 2.88. The van der Waals surface area contributed by atoms with Crippen molar-refractivity contribution in [3.63, 3.8) is 0 Å². The van der Waals surface area contributed by atoms with Gasteiger partial charge in [0.05, 0.1) is 0 Å². The van der Waals surface area contributed by atoms with Gasteiger partial charge in [0.1, 0.15) is 11.5 Å². The summed E-state index contributed by atoms with van der Waals surface area (Å²) < 4.78 is 0. The van der Waals surface area contributed by atoms with Crippen LogP contribution in [0, 0.1) is 5.41 Å². The highest BCUT2D eigenvalue weighted by Crippen LogP contribution is 2.39. The number of carbonyl (C=O) groups excluding carboxylic acids is 1. The Morgan fingerprint density at radius 2 is 1.79 bits per heavy atom. The lowest BCUT2D eigenvalue weighted by Gasteiger charge is -2.35. The molecule has 0 radical (unpaired) electrons. The van der Waals surface area contributed by atoms with Gasteiger partial charge in [0.25, 0.3) is 0 Å². The van der Waals surface area contributed by atoms with Crippen molar-refractivity contribution in [1.82, 2.24) is 0 Å². The first kappa shape index (κ1) is 16.7. The molecule has 0 saturated heterocycles. The van der Waals surface area contributed by atoms with Gasteiger partial charge in [0.15, 0.2) is 5.25 Å². The molecule has 4 heteroatoms. The van der Waals surface area contributed by atoms with Crippen molar-refractivity contribution in [3.8, 4) is 0 Å². The van der Waals surface area contributed by atoms with E-state index in [0.29, 0.717) is 0 Å². The molecule has 0 saturated carbocycles. The highest BCUT2D eigenvalue weighted by Gasteiger charge is 2.48. The van der Waals surface area contributed by atoms with E-state index in [-0.39, 0.29) is 40.6 Å². The quantitative estimate of drug-likeness (QED) is 0.701. The fraction of sp³-hybridized carbons (Fsp3) is 0.800. The lowest BCUT2D eigenvalue weighted by atomic mass is 9.77. The monoisotopic (exact) mass is 287 g/mol. The first-order valence-corrected chi connectivity index (χ1v) is 8.64. The molecule has 110 valence electrons. The minimum atomic E-state index is -0.0393. The normalized spacial score (nSPS) is 22.7. The highest BCUT2D eigenvalue weighted by molar-refractivity contribution is 7.98. The second-order valence-corrected chi connectivity index (χ2v) is 8.40. The Morgan fingerprint density at radius 1 is 1.26 bits per heavy atom. The van der Waals surface area contributed by atoms with E-state index in [1.807, 2.05) is 6.92 Å². The van der Waals surface area contributed by atoms with Crippen LogP contribution in [0.25, 0.3) is 0 Å². The van der Waals surface area contributed by atoms with Crippen LogP contribution in [-0.4, -0.2) is 46.0 Å². The van der Waals surface area contributed by atoms with E-state index < -0.39 is 0 Å². The zero-order chi connectivity index (χ0) is 14.5. The topological polar surface area (TPSA) is 57.5 Å². The van der Waals surface area contributed by atoms with E-state index >= 15 is 0 Å². The number of allylic oxidation sites excluding steroid dienone is 2. The van der Waals surface area contributed by atoms with E-state index in [4.69, 9.17) is 10.2 Å². The summed E-state index contributed by atoms with van der Waals surface area (Å²) in [6.07, 6.45) is 4.26. The molecule has 1 atom stereocenters. The summed E-state index contributed by atoms with van der Waals surface area (Å²) in [4.78, 5) is 12.4. The summed E-state index contributed by atoms with van der Waals surface area (Å²) in [5.41, 5.74) is 1.16. The molecule has 0 amide bonds. The lowest BCUT2D eigenvalue weighted by molar-refractivity contribution is -0.116. The van der Waals surface area contributed by atoms with Crippen LogP contribution in [-0.2, 0) is 15.7 Å². The maximum atomic E-state index is 12.4. The third kappa shape index (κ3) is 4.62. The van der Waals surface area contributed by atoms with Crippen molar-refractivity contribution in [2.45, 2.75) is 45.3 Å². The third-order valence-electron chi connectivity index (χ3n) is 3.55. The van der Waals surface area contributed by atoms with Crippen molar-refractivity contribution < 1.29 is 15.0 Å². The molecule has 3 nitrogen and oxygen atoms in total. The zero-order valence-corrected chi connectivity index (χ0v) is 13.1. The number of ketones is 1. The average molecular weight is 287 g/mol. The van der Waals surface area contributed by atoms with Crippen LogP contribution < -0.4 is 0 Å². The number of aliphatic hydroxyl groups is 2. The molecule has 1 unspecified atom stereocenters. The molecule has 2 N–H and O–H groups in total. The zero-order valence-electron chi connectivity index (χ0n) is 12.3. The van der Waals surface area contributed by atoms with E-state index in [1.54, 1.807) is 6.08 Å². The Hall–Kier alpha value is -0.320. The standard InChI is InChI=1S/C15H27O3S/c1-12-10-13(18)14(15(2,3)11-12)19(8-4-6-16)9-5-7-17/h10,14,16-17H,4-9,11H2,1-3H3/q+1. The van der Waals surface area contributed by atoms with Gasteiger partial charge >= 0.3 is 0 Å². The Morgan fingerprint density at radius 3 is 2.21 bits per heavy atom. The van der Waals surface area contributed by atoms with Crippen molar-refractivity contribution in [2.75, 3.05) is 24.7 Å². The summed E-state index contributed by atoms with van der Waals surface area (Å²) in [5.74, 6) is 2.03. The van der Waals surface area contributed by atoms with Gasteiger partial charge in [0, 0.05) is 31.5 Å². The van der Waals surface area contributed by atoms with Gasteiger partial charge in [-0.3, -0.25) is 4.79 Å². The van der Waals surface area contributed by atoms with Gasteiger partial charge in [-0.05, 0) is 30.3 Å². The number of carbonyl (C=O) groups is 1. The molecule has 0 heterocycles. The third-order valence-corrected chi connectivity index (χ3v) is 6.72. The number of hydrogen-bond acceptors (Lipinski definition) is 3. The molecule has 0 aromatic heterocycles. The van der Waals surface area contributed by atoms with E-state index in [1.165, 1.54) is 5.57 Å². The molecule has 1 rings (SSSR count). The number of hydrogen-bond donors (Lipinski definition) is 2. The van der Waals surface area contributed by atoms with Crippen molar-refractivity contribution in [3.05, 3.63) is 11.6 Å². The van der Waals surface area contributed by atoms with Crippen molar-refractivity contribution in [1.29, 1.82) is 0 Å². The minimum absolute atomic E-state index is 0.00998. The molecule has 0 spiro atoms. The maximum Gasteiger partial charge on any atom is 0.208 e. The molecule has 1 aliphatic rings. The van der Waals surface area contributed by atoms with Crippen LogP contribution >= 0.6 is 0 Å². The van der Waals surface area contributed by atoms with Crippen LogP contribution in [0.15, 0.2) is 11.6 Å². The van der Waals surface area contributed by atoms with Crippen LogP contribution in [0.1, 0.15) is 40.0 Å². The number of rotatable bonds is 7. The van der Waals surface area contributed by atoms with Gasteiger partial charge in [0.2, 0.25) is 5.78 Å². The Labute approximate surface area is 119 Å². The fourth-order valence-corrected chi connectivity index (χ4v) is 6.08. The van der Waals surface area contributed by atoms with Crippen LogP contribution in [0.2, 0.25) is 0 Å². The molecule has 0 fully saturated rings. The molecular weight excluding hydrogens is 260 g/mol. The van der Waals surface area contributed by atoms with Crippen LogP contribution in [0.3, 0.4) is 0 Å². The predicted molar refractivity (Wildman–Crippen MR) is 81.5 cm³/mol. The molecule has 0 aliphatic heterocycles. The van der Waals surface area contributed by atoms with Gasteiger partial charge in [-0.1, -0.05) is 19.4 Å². The molecule has 19 heavy (non-hydrogen) atoms. The second kappa shape index (κ2) is 7.46. The van der Waals surface area contributed by atoms with Crippen molar-refractivity contribution in [2.24, 2.45) is 5.41 Å². The van der Waals surface area contributed by atoms with Crippen molar-refractivity contribution >= 4 is 16.7 Å². The summed E-state index contributed by atoms with van der Waals surface area (Å²) in [7, 11) is -0.0393. The van der Waals surface area contributed by atoms with Gasteiger partial charge < -0.3 is 10.2 Å². The predicted octanol–water partition coefficient (Wildman–Crippen LogP) is 1.68. The maximum absolute atomic E-state index is 12.4. The Kier molecular flexibility index (Phi) is 6.57. The summed E-state index contributed by atoms with van der Waals surface area (Å²) in [5, 5.41) is 18.1. The van der Waals surface area contributed by atoms with E-state index in [2.05, 4.69) is 13.8 Å². The SMILES string of the molecule is CC1=CC(=O)C([S+](CCCO)CCCO)C(C)(C)C1. The first-order chi connectivity index (χ1) is 8.92. The van der Waals surface area contributed by atoms with E-state index in [9.17, 15) is 4.79 Å². The molecule has 1 aliphatic carbocycles. The molecule has 0 aromatic rings. The highest BCUT2D eigenvalue weighted by atomic mass is 32.2. The van der Waals surface area contributed by atoms with Gasteiger partial charge in [-0.2, -0.15) is 0 Å². The van der Waals surface area contributed by atoms with Crippen LogP contribution in [0.5, 0.6) is 0 Å². The van der Waals surface area contributed by atoms with E-state index in [0.717, 1.165) is 30.8 Å². The van der Waals surface area contributed by atoms with Gasteiger partial charge in [-0.15, -0.1) is 0 Å². The summed E-state index contributed by atoms with van der Waals surface area (Å²) in [6, 6.07) is 0.